The molecule has 0 fully saturated rings. The van der Waals surface area contributed by atoms with E-state index in [-0.39, 0.29) is 11.4 Å². The molecule has 0 aliphatic rings. The van der Waals surface area contributed by atoms with E-state index in [9.17, 15) is 4.79 Å². The van der Waals surface area contributed by atoms with Crippen molar-refractivity contribution in [3.8, 4) is 0 Å². The zero-order chi connectivity index (χ0) is 16.7. The molecular formula is C20H26N2O. The van der Waals surface area contributed by atoms with Crippen LogP contribution in [0.3, 0.4) is 0 Å². The number of nitrogens with one attached hydrogen (secondary N) is 1. The average Bonchev–Trinajstić information content (AvgIpc) is 2.51. The number of hydrogen-bond acceptors (Lipinski definition) is 2. The van der Waals surface area contributed by atoms with E-state index < -0.39 is 0 Å². The van der Waals surface area contributed by atoms with E-state index in [2.05, 4.69) is 34.5 Å². The lowest BCUT2D eigenvalue weighted by atomic mass is 10.1. The van der Waals surface area contributed by atoms with Gasteiger partial charge < -0.3 is 10.2 Å². The molecule has 122 valence electrons. The summed E-state index contributed by atoms with van der Waals surface area (Å²) in [5, 5.41) is 3.02. The van der Waals surface area contributed by atoms with Crippen LogP contribution in [0.2, 0.25) is 0 Å². The highest BCUT2D eigenvalue weighted by Crippen LogP contribution is 2.17. The van der Waals surface area contributed by atoms with Crippen molar-refractivity contribution >= 4 is 11.6 Å². The molecule has 2 aromatic rings. The van der Waals surface area contributed by atoms with Gasteiger partial charge in [-0.3, -0.25) is 4.79 Å². The lowest BCUT2D eigenvalue weighted by Crippen LogP contribution is -2.42. The van der Waals surface area contributed by atoms with Crippen molar-refractivity contribution in [1.82, 2.24) is 5.32 Å². The SMILES string of the molecule is CC(C)(C)NC(=O)CCN(Cc1ccccc1)c1ccccc1. The van der Waals surface area contributed by atoms with Crippen LogP contribution in [0.1, 0.15) is 32.8 Å². The Hall–Kier alpha value is -2.29. The highest BCUT2D eigenvalue weighted by atomic mass is 16.1. The van der Waals surface area contributed by atoms with Crippen LogP contribution < -0.4 is 10.2 Å². The normalized spacial score (nSPS) is 11.1. The molecule has 2 rings (SSSR count). The maximum Gasteiger partial charge on any atom is 0.222 e. The predicted octanol–water partition coefficient (Wildman–Crippen LogP) is 4.00. The fraction of sp³-hybridized carbons (Fsp3) is 0.350. The van der Waals surface area contributed by atoms with E-state index >= 15 is 0 Å². The maximum absolute atomic E-state index is 12.1. The third-order valence-corrected chi connectivity index (χ3v) is 3.46. The van der Waals surface area contributed by atoms with Crippen LogP contribution in [0.4, 0.5) is 5.69 Å². The standard InChI is InChI=1S/C20H26N2O/c1-20(2,3)21-19(23)14-15-22(18-12-8-5-9-13-18)16-17-10-6-4-7-11-17/h4-13H,14-16H2,1-3H3,(H,21,23). The van der Waals surface area contributed by atoms with E-state index in [4.69, 9.17) is 0 Å². The third kappa shape index (κ3) is 6.15. The van der Waals surface area contributed by atoms with Gasteiger partial charge in [-0.05, 0) is 38.5 Å². The summed E-state index contributed by atoms with van der Waals surface area (Å²) >= 11 is 0. The van der Waals surface area contributed by atoms with Gasteiger partial charge in [-0.2, -0.15) is 0 Å². The molecule has 2 aromatic carbocycles. The molecule has 0 unspecified atom stereocenters. The van der Waals surface area contributed by atoms with Gasteiger partial charge in [0.1, 0.15) is 0 Å². The number of anilines is 1. The van der Waals surface area contributed by atoms with Gasteiger partial charge in [-0.25, -0.2) is 0 Å². The molecule has 0 heterocycles. The number of amides is 1. The Morgan fingerprint density at radius 3 is 2.09 bits per heavy atom. The third-order valence-electron chi connectivity index (χ3n) is 3.46. The van der Waals surface area contributed by atoms with Crippen molar-refractivity contribution in [1.29, 1.82) is 0 Å². The van der Waals surface area contributed by atoms with Crippen LogP contribution in [0.15, 0.2) is 60.7 Å². The minimum atomic E-state index is -0.186. The number of benzene rings is 2. The molecule has 1 amide bonds. The van der Waals surface area contributed by atoms with Crippen LogP contribution in [-0.2, 0) is 11.3 Å². The fourth-order valence-electron chi connectivity index (χ4n) is 2.46. The van der Waals surface area contributed by atoms with Gasteiger partial charge in [0, 0.05) is 30.7 Å². The summed E-state index contributed by atoms with van der Waals surface area (Å²) in [4.78, 5) is 14.4. The summed E-state index contributed by atoms with van der Waals surface area (Å²) in [5.41, 5.74) is 2.20. The first-order valence-electron chi connectivity index (χ1n) is 8.09. The molecule has 0 aliphatic heterocycles. The molecule has 0 atom stereocenters. The smallest absolute Gasteiger partial charge is 0.222 e. The summed E-state index contributed by atoms with van der Waals surface area (Å²) < 4.78 is 0. The molecule has 0 bridgehead atoms. The van der Waals surface area contributed by atoms with Crippen molar-refractivity contribution in [3.05, 3.63) is 66.2 Å². The second-order valence-electron chi connectivity index (χ2n) is 6.79. The molecule has 0 aromatic heterocycles. The van der Waals surface area contributed by atoms with Crippen LogP contribution >= 0.6 is 0 Å². The highest BCUT2D eigenvalue weighted by Gasteiger charge is 2.15. The van der Waals surface area contributed by atoms with Crippen molar-refractivity contribution in [2.24, 2.45) is 0 Å². The number of nitrogens with zero attached hydrogens (tertiary/aromatic N) is 1. The summed E-state index contributed by atoms with van der Waals surface area (Å²) in [6.45, 7) is 7.51. The largest absolute Gasteiger partial charge is 0.367 e. The van der Waals surface area contributed by atoms with Gasteiger partial charge in [-0.1, -0.05) is 48.5 Å². The Labute approximate surface area is 139 Å². The molecule has 3 nitrogen and oxygen atoms in total. The van der Waals surface area contributed by atoms with E-state index in [0.717, 1.165) is 12.2 Å². The molecule has 0 radical (unpaired) electrons. The van der Waals surface area contributed by atoms with E-state index in [1.807, 2.05) is 57.2 Å². The molecule has 0 saturated heterocycles. The molecular weight excluding hydrogens is 284 g/mol. The first-order chi connectivity index (χ1) is 10.9. The first kappa shape index (κ1) is 17.1. The summed E-state index contributed by atoms with van der Waals surface area (Å²) in [6, 6.07) is 20.6. The zero-order valence-electron chi connectivity index (χ0n) is 14.3. The first-order valence-corrected chi connectivity index (χ1v) is 8.09. The molecule has 1 N–H and O–H groups in total. The van der Waals surface area contributed by atoms with Crippen molar-refractivity contribution < 1.29 is 4.79 Å². The lowest BCUT2D eigenvalue weighted by Gasteiger charge is -2.26. The Kier molecular flexibility index (Phi) is 5.80. The number of carbonyl (C=O) groups excluding carboxylic acids is 1. The molecule has 0 aliphatic carbocycles. The molecule has 3 heteroatoms. The number of rotatable bonds is 6. The summed E-state index contributed by atoms with van der Waals surface area (Å²) in [7, 11) is 0. The Bertz CT molecular complexity index is 603. The minimum absolute atomic E-state index is 0.0893. The predicted molar refractivity (Wildman–Crippen MR) is 96.4 cm³/mol. The highest BCUT2D eigenvalue weighted by molar-refractivity contribution is 5.77. The number of hydrogen-bond donors (Lipinski definition) is 1. The fourth-order valence-corrected chi connectivity index (χ4v) is 2.46. The zero-order valence-corrected chi connectivity index (χ0v) is 14.3. The number of carbonyl (C=O) groups is 1. The maximum atomic E-state index is 12.1. The topological polar surface area (TPSA) is 32.3 Å². The molecule has 23 heavy (non-hydrogen) atoms. The van der Waals surface area contributed by atoms with E-state index in [1.54, 1.807) is 0 Å². The van der Waals surface area contributed by atoms with Gasteiger partial charge in [0.2, 0.25) is 5.91 Å². The lowest BCUT2D eigenvalue weighted by molar-refractivity contribution is -0.122. The Morgan fingerprint density at radius 1 is 0.957 bits per heavy atom. The van der Waals surface area contributed by atoms with Crippen LogP contribution in [0, 0.1) is 0 Å². The summed E-state index contributed by atoms with van der Waals surface area (Å²) in [5.74, 6) is 0.0893. The van der Waals surface area contributed by atoms with Gasteiger partial charge in [0.15, 0.2) is 0 Å². The Balaban J connectivity index is 2.04. The van der Waals surface area contributed by atoms with Crippen LogP contribution in [0.5, 0.6) is 0 Å². The van der Waals surface area contributed by atoms with Gasteiger partial charge in [0.05, 0.1) is 0 Å². The summed E-state index contributed by atoms with van der Waals surface area (Å²) in [6.07, 6.45) is 0.485. The van der Waals surface area contributed by atoms with Gasteiger partial charge >= 0.3 is 0 Å². The van der Waals surface area contributed by atoms with Crippen molar-refractivity contribution in [3.63, 3.8) is 0 Å². The Morgan fingerprint density at radius 2 is 1.52 bits per heavy atom. The quantitative estimate of drug-likeness (QED) is 0.874. The molecule has 0 spiro atoms. The monoisotopic (exact) mass is 310 g/mol. The van der Waals surface area contributed by atoms with Crippen molar-refractivity contribution in [2.75, 3.05) is 11.4 Å². The molecule has 0 saturated carbocycles. The van der Waals surface area contributed by atoms with Crippen molar-refractivity contribution in [2.45, 2.75) is 39.3 Å². The van der Waals surface area contributed by atoms with Gasteiger partial charge in [-0.15, -0.1) is 0 Å². The average molecular weight is 310 g/mol. The second-order valence-corrected chi connectivity index (χ2v) is 6.79. The van der Waals surface area contributed by atoms with Crippen LogP contribution in [-0.4, -0.2) is 18.0 Å². The number of para-hydroxylation sites is 1. The second kappa shape index (κ2) is 7.82. The van der Waals surface area contributed by atoms with E-state index in [0.29, 0.717) is 13.0 Å². The van der Waals surface area contributed by atoms with Crippen LogP contribution in [0.25, 0.3) is 0 Å². The minimum Gasteiger partial charge on any atom is -0.367 e. The van der Waals surface area contributed by atoms with Gasteiger partial charge in [0.25, 0.3) is 0 Å². The van der Waals surface area contributed by atoms with E-state index in [1.165, 1.54) is 5.56 Å².